The lowest BCUT2D eigenvalue weighted by Gasteiger charge is -2.02. The van der Waals surface area contributed by atoms with Gasteiger partial charge >= 0.3 is 10.2 Å². The largest absolute Gasteiger partial charge is 0.386 e. The zero-order valence-corrected chi connectivity index (χ0v) is 12.8. The first-order chi connectivity index (χ1) is 9.76. The highest BCUT2D eigenvalue weighted by molar-refractivity contribution is 7.98. The fourth-order valence-electron chi connectivity index (χ4n) is 1.30. The third-order valence-electron chi connectivity index (χ3n) is 2.03. The van der Waals surface area contributed by atoms with Gasteiger partial charge in [0.1, 0.15) is 5.84 Å². The molecule has 0 fully saturated rings. The van der Waals surface area contributed by atoms with Crippen LogP contribution in [-0.4, -0.2) is 30.9 Å². The Balaban J connectivity index is 2.47. The second-order valence-corrected chi connectivity index (χ2v) is 6.24. The van der Waals surface area contributed by atoms with Crippen molar-refractivity contribution in [3.8, 4) is 0 Å². The number of aliphatic imine (C=N–C) groups is 1. The van der Waals surface area contributed by atoms with Gasteiger partial charge in [-0.2, -0.15) is 25.2 Å². The molecule has 21 heavy (non-hydrogen) atoms. The molecule has 0 aromatic carbocycles. The van der Waals surface area contributed by atoms with E-state index in [0.717, 1.165) is 5.69 Å². The van der Waals surface area contributed by atoms with E-state index < -0.39 is 10.2 Å². The smallest absolute Gasteiger partial charge is 0.318 e. The third kappa shape index (κ3) is 8.12. The Labute approximate surface area is 127 Å². The van der Waals surface area contributed by atoms with Crippen LogP contribution in [0.15, 0.2) is 27.6 Å². The molecule has 0 saturated carbocycles. The summed E-state index contributed by atoms with van der Waals surface area (Å²) in [6.07, 6.45) is 0.314. The minimum Gasteiger partial charge on any atom is -0.386 e. The zero-order chi connectivity index (χ0) is 15.9. The highest BCUT2D eigenvalue weighted by Crippen LogP contribution is 2.14. The summed E-state index contributed by atoms with van der Waals surface area (Å²) in [6.45, 7) is 0. The molecule has 0 atom stereocenters. The van der Waals surface area contributed by atoms with Crippen molar-refractivity contribution in [2.24, 2.45) is 31.7 Å². The predicted octanol–water partition coefficient (Wildman–Crippen LogP) is -0.829. The van der Waals surface area contributed by atoms with Crippen molar-refractivity contribution in [2.45, 2.75) is 12.2 Å². The predicted molar refractivity (Wildman–Crippen MR) is 85.2 cm³/mol. The van der Waals surface area contributed by atoms with E-state index in [2.05, 4.69) is 14.4 Å². The number of hydrogen-bond donors (Lipinski definition) is 4. The molecular weight excluding hydrogens is 314 g/mol. The van der Waals surface area contributed by atoms with Gasteiger partial charge in [-0.1, -0.05) is 6.07 Å². The number of rotatable bonds is 7. The number of pyridine rings is 1. The normalized spacial score (nSPS) is 12.1. The highest BCUT2D eigenvalue weighted by atomic mass is 32.2. The average molecular weight is 331 g/mol. The minimum absolute atomic E-state index is 0.0211. The molecule has 0 aliphatic heterocycles. The number of thioether (sulfide) groups is 1. The number of hydrogen-bond acceptors (Lipinski definition) is 5. The van der Waals surface area contributed by atoms with Gasteiger partial charge in [-0.25, -0.2) is 10.1 Å². The third-order valence-corrected chi connectivity index (χ3v) is 3.51. The number of aromatic nitrogens is 1. The van der Waals surface area contributed by atoms with E-state index in [-0.39, 0.29) is 11.8 Å². The Kier molecular flexibility index (Phi) is 6.39. The molecule has 0 radical (unpaired) electrons. The number of amidine groups is 1. The van der Waals surface area contributed by atoms with Gasteiger partial charge in [-0.15, -0.1) is 4.40 Å². The van der Waals surface area contributed by atoms with Crippen molar-refractivity contribution in [2.75, 3.05) is 5.75 Å². The van der Waals surface area contributed by atoms with Crippen LogP contribution in [0.25, 0.3) is 0 Å². The molecule has 0 aliphatic carbocycles. The topological polar surface area (TPSA) is 176 Å². The first-order valence-corrected chi connectivity index (χ1v) is 8.42. The molecule has 11 heteroatoms. The van der Waals surface area contributed by atoms with Gasteiger partial charge in [0.2, 0.25) is 0 Å². The monoisotopic (exact) mass is 331 g/mol. The zero-order valence-electron chi connectivity index (χ0n) is 11.1. The second kappa shape index (κ2) is 7.81. The van der Waals surface area contributed by atoms with Crippen LogP contribution in [0.1, 0.15) is 12.1 Å². The fourth-order valence-corrected chi connectivity index (χ4v) is 2.59. The van der Waals surface area contributed by atoms with Gasteiger partial charge in [0, 0.05) is 17.9 Å². The van der Waals surface area contributed by atoms with Crippen LogP contribution in [0.5, 0.6) is 0 Å². The van der Waals surface area contributed by atoms with E-state index in [9.17, 15) is 8.42 Å². The Bertz CT molecular complexity index is 639. The van der Waals surface area contributed by atoms with Crippen molar-refractivity contribution in [3.63, 3.8) is 0 Å². The van der Waals surface area contributed by atoms with Gasteiger partial charge in [0.15, 0.2) is 11.8 Å². The molecule has 1 heterocycles. The maximum absolute atomic E-state index is 10.7. The van der Waals surface area contributed by atoms with E-state index >= 15 is 0 Å². The summed E-state index contributed by atoms with van der Waals surface area (Å²) >= 11 is 1.52. The lowest BCUT2D eigenvalue weighted by molar-refractivity contribution is 0.599. The Morgan fingerprint density at radius 3 is 2.62 bits per heavy atom. The van der Waals surface area contributed by atoms with Crippen molar-refractivity contribution in [1.29, 1.82) is 0 Å². The van der Waals surface area contributed by atoms with E-state index in [1.165, 1.54) is 11.8 Å². The first kappa shape index (κ1) is 17.2. The number of nitrogens with zero attached hydrogens (tertiary/aromatic N) is 3. The van der Waals surface area contributed by atoms with Crippen LogP contribution in [-0.2, 0) is 16.0 Å². The lowest BCUT2D eigenvalue weighted by atomic mass is 10.4. The van der Waals surface area contributed by atoms with Crippen LogP contribution in [0, 0.1) is 0 Å². The summed E-state index contributed by atoms with van der Waals surface area (Å²) < 4.78 is 24.5. The summed E-state index contributed by atoms with van der Waals surface area (Å²) in [5, 5.41) is 4.74. The molecule has 1 aromatic rings. The summed E-state index contributed by atoms with van der Waals surface area (Å²) in [5.74, 6) is 1.55. The number of nitrogens with two attached hydrogens (primary N) is 4. The van der Waals surface area contributed by atoms with Crippen LogP contribution in [0.3, 0.4) is 0 Å². The van der Waals surface area contributed by atoms with Crippen LogP contribution in [0.2, 0.25) is 0 Å². The van der Waals surface area contributed by atoms with E-state index in [0.29, 0.717) is 23.7 Å². The quantitative estimate of drug-likeness (QED) is 0.286. The lowest BCUT2D eigenvalue weighted by Crippen LogP contribution is -2.22. The molecule has 0 amide bonds. The Morgan fingerprint density at radius 2 is 2.00 bits per heavy atom. The van der Waals surface area contributed by atoms with Crippen molar-refractivity contribution in [3.05, 3.63) is 23.9 Å². The molecule has 1 rings (SSSR count). The summed E-state index contributed by atoms with van der Waals surface area (Å²) in [7, 11) is -3.93. The highest BCUT2D eigenvalue weighted by Gasteiger charge is 2.02. The Hall–Kier alpha value is -1.85. The maximum atomic E-state index is 10.7. The second-order valence-electron chi connectivity index (χ2n) is 3.92. The molecule has 116 valence electrons. The van der Waals surface area contributed by atoms with Gasteiger partial charge in [0.05, 0.1) is 5.69 Å². The van der Waals surface area contributed by atoms with Crippen LogP contribution < -0.4 is 22.3 Å². The molecule has 8 N–H and O–H groups in total. The van der Waals surface area contributed by atoms with E-state index in [1.54, 1.807) is 12.1 Å². The maximum Gasteiger partial charge on any atom is 0.318 e. The standard InChI is InChI=1S/C10H17N7O2S2/c11-8(17-21(14,18)19)4-5-20-6-7-2-1-3-9(15-7)16-10(12)13/h1-3H,4-6H2,(H2,11,17)(H2,14,18,19)(H4,12,13,15,16). The SMILES string of the molecule is NC(N)=Nc1cccc(CSCCC(N)=NS(N)(=O)=O)n1. The van der Waals surface area contributed by atoms with E-state index in [4.69, 9.17) is 22.3 Å². The number of guanidine groups is 1. The molecule has 9 nitrogen and oxygen atoms in total. The van der Waals surface area contributed by atoms with Gasteiger partial charge in [-0.3, -0.25) is 0 Å². The fraction of sp³-hybridized carbons (Fsp3) is 0.300. The minimum atomic E-state index is -3.93. The first-order valence-electron chi connectivity index (χ1n) is 5.76. The Morgan fingerprint density at radius 1 is 1.29 bits per heavy atom. The molecule has 0 spiro atoms. The van der Waals surface area contributed by atoms with Crippen molar-refractivity contribution >= 4 is 39.6 Å². The summed E-state index contributed by atoms with van der Waals surface area (Å²) in [6, 6.07) is 5.31. The van der Waals surface area contributed by atoms with Crippen molar-refractivity contribution < 1.29 is 8.42 Å². The van der Waals surface area contributed by atoms with Gasteiger partial charge < -0.3 is 17.2 Å². The van der Waals surface area contributed by atoms with Crippen LogP contribution >= 0.6 is 11.8 Å². The van der Waals surface area contributed by atoms with Gasteiger partial charge in [-0.05, 0) is 12.1 Å². The molecule has 0 saturated heterocycles. The summed E-state index contributed by atoms with van der Waals surface area (Å²) in [4.78, 5) is 8.09. The molecule has 1 aromatic heterocycles. The molecule has 0 aliphatic rings. The van der Waals surface area contributed by atoms with E-state index in [1.807, 2.05) is 6.07 Å². The average Bonchev–Trinajstić information content (AvgIpc) is 2.32. The molecule has 0 bridgehead atoms. The van der Waals surface area contributed by atoms with Crippen LogP contribution in [0.4, 0.5) is 5.82 Å². The van der Waals surface area contributed by atoms with Crippen molar-refractivity contribution in [1.82, 2.24) is 4.98 Å². The molecular formula is C10H17N7O2S2. The molecule has 0 unspecified atom stereocenters. The summed E-state index contributed by atoms with van der Waals surface area (Å²) in [5.41, 5.74) is 16.8. The van der Waals surface area contributed by atoms with Gasteiger partial charge in [0.25, 0.3) is 0 Å².